The van der Waals surface area contributed by atoms with Crippen molar-refractivity contribution in [3.63, 3.8) is 0 Å². The molecular formula is C13H25N3S. The highest BCUT2D eigenvalue weighted by Gasteiger charge is 2.15. The highest BCUT2D eigenvalue weighted by atomic mass is 32.2. The molecule has 0 aromatic carbocycles. The molecule has 4 heteroatoms. The first kappa shape index (κ1) is 14.6. The van der Waals surface area contributed by atoms with Crippen LogP contribution in [0, 0.1) is 5.92 Å². The Kier molecular flexibility index (Phi) is 6.66. The van der Waals surface area contributed by atoms with E-state index < -0.39 is 0 Å². The van der Waals surface area contributed by atoms with Crippen LogP contribution in [0.25, 0.3) is 0 Å². The SMILES string of the molecule is CCCNC(CSCC(C)C)c1nccn1C. The van der Waals surface area contributed by atoms with Crippen molar-refractivity contribution in [1.82, 2.24) is 14.9 Å². The number of nitrogens with zero attached hydrogens (tertiary/aromatic N) is 2. The molecule has 0 amide bonds. The number of aryl methyl sites for hydroxylation is 1. The van der Waals surface area contributed by atoms with E-state index >= 15 is 0 Å². The lowest BCUT2D eigenvalue weighted by Gasteiger charge is -2.18. The maximum atomic E-state index is 4.45. The van der Waals surface area contributed by atoms with Crippen LogP contribution in [0.4, 0.5) is 0 Å². The van der Waals surface area contributed by atoms with Crippen molar-refractivity contribution in [2.24, 2.45) is 13.0 Å². The Morgan fingerprint density at radius 2 is 2.18 bits per heavy atom. The molecular weight excluding hydrogens is 230 g/mol. The van der Waals surface area contributed by atoms with Crippen molar-refractivity contribution in [2.75, 3.05) is 18.1 Å². The van der Waals surface area contributed by atoms with Crippen molar-refractivity contribution in [2.45, 2.75) is 33.2 Å². The third-order valence-electron chi connectivity index (χ3n) is 2.55. The lowest BCUT2D eigenvalue weighted by molar-refractivity contribution is 0.535. The van der Waals surface area contributed by atoms with Crippen LogP contribution < -0.4 is 5.32 Å². The van der Waals surface area contributed by atoms with E-state index in [0.717, 1.165) is 30.5 Å². The van der Waals surface area contributed by atoms with Gasteiger partial charge in [0, 0.05) is 25.2 Å². The maximum Gasteiger partial charge on any atom is 0.126 e. The molecule has 0 saturated heterocycles. The number of thioether (sulfide) groups is 1. The van der Waals surface area contributed by atoms with Gasteiger partial charge in [-0.1, -0.05) is 20.8 Å². The fourth-order valence-corrected chi connectivity index (χ4v) is 2.79. The van der Waals surface area contributed by atoms with Crippen LogP contribution in [-0.4, -0.2) is 27.6 Å². The average Bonchev–Trinajstić information content (AvgIpc) is 2.69. The van der Waals surface area contributed by atoms with Gasteiger partial charge in [-0.05, 0) is 24.6 Å². The van der Waals surface area contributed by atoms with Crippen LogP contribution in [0.2, 0.25) is 0 Å². The molecule has 1 N–H and O–H groups in total. The van der Waals surface area contributed by atoms with Crippen LogP contribution in [0.3, 0.4) is 0 Å². The van der Waals surface area contributed by atoms with Gasteiger partial charge in [-0.2, -0.15) is 11.8 Å². The molecule has 17 heavy (non-hydrogen) atoms. The lowest BCUT2D eigenvalue weighted by atomic mass is 10.3. The highest BCUT2D eigenvalue weighted by Crippen LogP contribution is 2.18. The summed E-state index contributed by atoms with van der Waals surface area (Å²) < 4.78 is 2.11. The van der Waals surface area contributed by atoms with E-state index in [0.29, 0.717) is 6.04 Å². The zero-order valence-electron chi connectivity index (χ0n) is 11.4. The van der Waals surface area contributed by atoms with Gasteiger partial charge in [0.1, 0.15) is 5.82 Å². The second-order valence-electron chi connectivity index (χ2n) is 4.83. The van der Waals surface area contributed by atoms with E-state index in [9.17, 15) is 0 Å². The number of nitrogens with one attached hydrogen (secondary N) is 1. The number of aromatic nitrogens is 2. The van der Waals surface area contributed by atoms with Gasteiger partial charge in [0.25, 0.3) is 0 Å². The zero-order chi connectivity index (χ0) is 12.7. The molecule has 1 aromatic rings. The Bertz CT molecular complexity index is 309. The summed E-state index contributed by atoms with van der Waals surface area (Å²) in [6.45, 7) is 7.79. The van der Waals surface area contributed by atoms with Gasteiger partial charge < -0.3 is 9.88 Å². The summed E-state index contributed by atoms with van der Waals surface area (Å²) in [5, 5.41) is 3.58. The number of imidazole rings is 1. The van der Waals surface area contributed by atoms with Crippen molar-refractivity contribution < 1.29 is 0 Å². The number of hydrogen-bond donors (Lipinski definition) is 1. The zero-order valence-corrected chi connectivity index (χ0v) is 12.3. The topological polar surface area (TPSA) is 29.9 Å². The first-order valence-corrected chi connectivity index (χ1v) is 7.59. The maximum absolute atomic E-state index is 4.45. The van der Waals surface area contributed by atoms with E-state index in [2.05, 4.69) is 42.7 Å². The van der Waals surface area contributed by atoms with Gasteiger partial charge >= 0.3 is 0 Å². The molecule has 98 valence electrons. The summed E-state index contributed by atoms with van der Waals surface area (Å²) in [7, 11) is 2.07. The Balaban J connectivity index is 2.52. The van der Waals surface area contributed by atoms with E-state index in [1.165, 1.54) is 5.75 Å². The van der Waals surface area contributed by atoms with Gasteiger partial charge in [-0.3, -0.25) is 0 Å². The highest BCUT2D eigenvalue weighted by molar-refractivity contribution is 7.99. The van der Waals surface area contributed by atoms with E-state index in [-0.39, 0.29) is 0 Å². The lowest BCUT2D eigenvalue weighted by Crippen LogP contribution is -2.27. The van der Waals surface area contributed by atoms with Crippen LogP contribution in [0.5, 0.6) is 0 Å². The minimum absolute atomic E-state index is 0.374. The predicted molar refractivity (Wildman–Crippen MR) is 76.4 cm³/mol. The van der Waals surface area contributed by atoms with Crippen molar-refractivity contribution in [1.29, 1.82) is 0 Å². The summed E-state index contributed by atoms with van der Waals surface area (Å²) in [6, 6.07) is 0.374. The smallest absolute Gasteiger partial charge is 0.126 e. The molecule has 1 atom stereocenters. The molecule has 0 bridgehead atoms. The molecule has 1 aromatic heterocycles. The molecule has 3 nitrogen and oxygen atoms in total. The van der Waals surface area contributed by atoms with Crippen molar-refractivity contribution in [3.8, 4) is 0 Å². The summed E-state index contributed by atoms with van der Waals surface area (Å²) in [5.74, 6) is 4.22. The van der Waals surface area contributed by atoms with Gasteiger partial charge in [0.2, 0.25) is 0 Å². The van der Waals surface area contributed by atoms with Gasteiger partial charge in [-0.25, -0.2) is 4.98 Å². The third kappa shape index (κ3) is 5.13. The Morgan fingerprint density at radius 3 is 2.71 bits per heavy atom. The molecule has 0 saturated carbocycles. The number of rotatable bonds is 8. The van der Waals surface area contributed by atoms with Gasteiger partial charge in [0.05, 0.1) is 6.04 Å². The fraction of sp³-hybridized carbons (Fsp3) is 0.769. The van der Waals surface area contributed by atoms with Crippen molar-refractivity contribution >= 4 is 11.8 Å². The third-order valence-corrected chi connectivity index (χ3v) is 4.02. The predicted octanol–water partition coefficient (Wildman–Crippen LogP) is 2.85. The van der Waals surface area contributed by atoms with Crippen LogP contribution >= 0.6 is 11.8 Å². The van der Waals surface area contributed by atoms with Crippen molar-refractivity contribution in [3.05, 3.63) is 18.2 Å². The van der Waals surface area contributed by atoms with Crippen LogP contribution in [0.1, 0.15) is 39.1 Å². The first-order chi connectivity index (χ1) is 8.15. The summed E-state index contributed by atoms with van der Waals surface area (Å²) >= 11 is 2.01. The Labute approximate surface area is 109 Å². The van der Waals surface area contributed by atoms with E-state index in [1.807, 2.05) is 24.2 Å². The molecule has 0 aliphatic heterocycles. The fourth-order valence-electron chi connectivity index (χ4n) is 1.68. The quantitative estimate of drug-likeness (QED) is 0.774. The Hall–Kier alpha value is -0.480. The first-order valence-electron chi connectivity index (χ1n) is 6.43. The molecule has 1 rings (SSSR count). The molecule has 0 fully saturated rings. The molecule has 1 unspecified atom stereocenters. The molecule has 1 heterocycles. The second-order valence-corrected chi connectivity index (χ2v) is 5.91. The average molecular weight is 255 g/mol. The summed E-state index contributed by atoms with van der Waals surface area (Å²) in [4.78, 5) is 4.45. The monoisotopic (exact) mass is 255 g/mol. The second kappa shape index (κ2) is 7.77. The molecule has 0 spiro atoms. The summed E-state index contributed by atoms with van der Waals surface area (Å²) in [6.07, 6.45) is 5.06. The minimum atomic E-state index is 0.374. The van der Waals surface area contributed by atoms with Gasteiger partial charge in [0.15, 0.2) is 0 Å². The number of hydrogen-bond acceptors (Lipinski definition) is 3. The molecule has 0 aliphatic rings. The van der Waals surface area contributed by atoms with Crippen LogP contribution in [-0.2, 0) is 7.05 Å². The standard InChI is InChI=1S/C13H25N3S/c1-5-6-14-12(10-17-9-11(2)3)13-15-7-8-16(13)4/h7-8,11-12,14H,5-6,9-10H2,1-4H3. The summed E-state index contributed by atoms with van der Waals surface area (Å²) in [5.41, 5.74) is 0. The van der Waals surface area contributed by atoms with Gasteiger partial charge in [-0.15, -0.1) is 0 Å². The minimum Gasteiger partial charge on any atom is -0.337 e. The largest absolute Gasteiger partial charge is 0.337 e. The Morgan fingerprint density at radius 1 is 1.41 bits per heavy atom. The normalized spacial score (nSPS) is 13.2. The molecule has 0 aliphatic carbocycles. The van der Waals surface area contributed by atoms with Crippen LogP contribution in [0.15, 0.2) is 12.4 Å². The van der Waals surface area contributed by atoms with E-state index in [4.69, 9.17) is 0 Å². The van der Waals surface area contributed by atoms with E-state index in [1.54, 1.807) is 0 Å². The molecule has 0 radical (unpaired) electrons.